The van der Waals surface area contributed by atoms with Crippen LogP contribution in [-0.4, -0.2) is 17.5 Å². The van der Waals surface area contributed by atoms with E-state index in [0.29, 0.717) is 11.3 Å². The second-order valence-electron chi connectivity index (χ2n) is 2.10. The second-order valence-corrected chi connectivity index (χ2v) is 2.10. The lowest BCUT2D eigenvalue weighted by molar-refractivity contribution is -0.104. The Labute approximate surface area is 69.3 Å². The number of nitrogen functional groups attached to an aromatic ring is 1. The molecule has 4 N–H and O–H groups in total. The molecule has 1 aromatic carbocycles. The van der Waals surface area contributed by atoms with Gasteiger partial charge in [-0.15, -0.1) is 0 Å². The van der Waals surface area contributed by atoms with Crippen molar-refractivity contribution in [3.63, 3.8) is 0 Å². The molecule has 0 saturated carbocycles. The first-order chi connectivity index (χ1) is 5.24. The predicted octanol–water partition coefficient (Wildman–Crippen LogP) is -0.174. The minimum Gasteiger partial charge on any atom is -0.412 e. The number of Topliss-reactive ketones (excluding diaryl/α,β-unsaturated/α-hetero) is 1. The van der Waals surface area contributed by atoms with E-state index in [2.05, 4.69) is 0 Å². The Balaban J connectivity index is 0.00000121. The zero-order valence-electron chi connectivity index (χ0n) is 6.28. The third-order valence-corrected chi connectivity index (χ3v) is 1.30. The topological polar surface area (TPSA) is 91.7 Å². The van der Waals surface area contributed by atoms with Crippen molar-refractivity contribution < 1.29 is 15.1 Å². The number of nitrogens with two attached hydrogens (primary N) is 1. The monoisotopic (exact) mass is 167 g/mol. The number of ketones is 1. The Morgan fingerprint density at radius 1 is 1.25 bits per heavy atom. The Morgan fingerprint density at radius 2 is 1.75 bits per heavy atom. The molecule has 0 amide bonds. The fourth-order valence-corrected chi connectivity index (χ4v) is 0.715. The molecule has 12 heavy (non-hydrogen) atoms. The summed E-state index contributed by atoms with van der Waals surface area (Å²) in [6.07, 6.45) is 0.283. The maximum atomic E-state index is 10.7. The molecule has 0 aliphatic carbocycles. The highest BCUT2D eigenvalue weighted by Gasteiger charge is 2.01. The Hall–Kier alpha value is -1.68. The maximum Gasteiger partial charge on any atom is 0.225 e. The number of rotatable bonds is 2. The predicted molar refractivity (Wildman–Crippen MR) is 44.9 cm³/mol. The first-order valence-electron chi connectivity index (χ1n) is 3.09. The molecule has 0 heterocycles. The molecule has 0 bridgehead atoms. The van der Waals surface area contributed by atoms with Crippen LogP contribution >= 0.6 is 0 Å². The number of carbonyl (C=O) groups excluding carboxylic acids is 2. The van der Waals surface area contributed by atoms with Gasteiger partial charge in [0.25, 0.3) is 0 Å². The summed E-state index contributed by atoms with van der Waals surface area (Å²) in [5, 5.41) is 0. The summed E-state index contributed by atoms with van der Waals surface area (Å²) in [5.74, 6) is -0.523. The van der Waals surface area contributed by atoms with Crippen molar-refractivity contribution in [3.05, 3.63) is 29.8 Å². The molecule has 0 aliphatic rings. The second kappa shape index (κ2) is 4.25. The third-order valence-electron chi connectivity index (χ3n) is 1.30. The van der Waals surface area contributed by atoms with Crippen LogP contribution < -0.4 is 5.73 Å². The van der Waals surface area contributed by atoms with Gasteiger partial charge in [-0.05, 0) is 24.3 Å². The smallest absolute Gasteiger partial charge is 0.225 e. The van der Waals surface area contributed by atoms with Gasteiger partial charge in [0.2, 0.25) is 5.78 Å². The van der Waals surface area contributed by atoms with Gasteiger partial charge in [-0.25, -0.2) is 0 Å². The summed E-state index contributed by atoms with van der Waals surface area (Å²) >= 11 is 0. The van der Waals surface area contributed by atoms with E-state index in [9.17, 15) is 9.59 Å². The van der Waals surface area contributed by atoms with Crippen molar-refractivity contribution in [2.24, 2.45) is 0 Å². The third kappa shape index (κ3) is 2.17. The van der Waals surface area contributed by atoms with E-state index in [1.807, 2.05) is 0 Å². The highest BCUT2D eigenvalue weighted by Crippen LogP contribution is 2.04. The molecule has 0 unspecified atom stereocenters. The largest absolute Gasteiger partial charge is 0.412 e. The minimum atomic E-state index is -0.523. The fraction of sp³-hybridized carbons (Fsp3) is 0. The van der Waals surface area contributed by atoms with Crippen molar-refractivity contribution in [1.29, 1.82) is 0 Å². The van der Waals surface area contributed by atoms with E-state index in [1.165, 1.54) is 12.1 Å². The molecule has 0 aliphatic heterocycles. The molecule has 0 radical (unpaired) electrons. The Bertz CT molecular complexity index is 279. The van der Waals surface area contributed by atoms with Crippen LogP contribution in [0, 0.1) is 0 Å². The van der Waals surface area contributed by atoms with Crippen molar-refractivity contribution >= 4 is 17.8 Å². The Kier molecular flexibility index (Phi) is 3.66. The standard InChI is InChI=1S/C8H7NO2.H2O/c9-7-3-1-6(2-4-7)8(11)5-10;/h1-5H,9H2;1H2. The van der Waals surface area contributed by atoms with Gasteiger partial charge in [0, 0.05) is 11.3 Å². The highest BCUT2D eigenvalue weighted by molar-refractivity contribution is 6.33. The summed E-state index contributed by atoms with van der Waals surface area (Å²) in [6.45, 7) is 0. The molecule has 1 aromatic rings. The van der Waals surface area contributed by atoms with E-state index >= 15 is 0 Å². The number of anilines is 1. The number of hydrogen-bond donors (Lipinski definition) is 1. The number of hydrogen-bond acceptors (Lipinski definition) is 3. The van der Waals surface area contributed by atoms with E-state index in [1.54, 1.807) is 12.1 Å². The van der Waals surface area contributed by atoms with Crippen molar-refractivity contribution in [3.8, 4) is 0 Å². The lowest BCUT2D eigenvalue weighted by Gasteiger charge is -1.93. The molecule has 0 spiro atoms. The van der Waals surface area contributed by atoms with Crippen LogP contribution in [0.5, 0.6) is 0 Å². The zero-order valence-corrected chi connectivity index (χ0v) is 6.28. The first kappa shape index (κ1) is 10.3. The number of carbonyl (C=O) groups is 2. The quantitative estimate of drug-likeness (QED) is 0.287. The fourth-order valence-electron chi connectivity index (χ4n) is 0.715. The van der Waals surface area contributed by atoms with Gasteiger partial charge >= 0.3 is 0 Å². The van der Waals surface area contributed by atoms with Crippen LogP contribution in [0.3, 0.4) is 0 Å². The van der Waals surface area contributed by atoms with E-state index in [4.69, 9.17) is 5.73 Å². The van der Waals surface area contributed by atoms with Crippen LogP contribution in [0.4, 0.5) is 5.69 Å². The SMILES string of the molecule is Nc1ccc(C(=O)C=O)cc1.O. The molecular weight excluding hydrogens is 158 g/mol. The van der Waals surface area contributed by atoms with Gasteiger partial charge in [-0.3, -0.25) is 9.59 Å². The molecule has 64 valence electrons. The van der Waals surface area contributed by atoms with Crippen molar-refractivity contribution in [1.82, 2.24) is 0 Å². The normalized spacial score (nSPS) is 8.33. The van der Waals surface area contributed by atoms with Crippen molar-refractivity contribution in [2.75, 3.05) is 5.73 Å². The molecule has 4 nitrogen and oxygen atoms in total. The summed E-state index contributed by atoms with van der Waals surface area (Å²) in [4.78, 5) is 20.7. The van der Waals surface area contributed by atoms with Gasteiger partial charge < -0.3 is 11.2 Å². The molecule has 0 atom stereocenters. The molecule has 0 fully saturated rings. The van der Waals surface area contributed by atoms with Gasteiger partial charge in [-0.1, -0.05) is 0 Å². The van der Waals surface area contributed by atoms with Gasteiger partial charge in [-0.2, -0.15) is 0 Å². The molecule has 0 saturated heterocycles. The van der Waals surface area contributed by atoms with E-state index in [0.717, 1.165) is 0 Å². The molecule has 4 heteroatoms. The van der Waals surface area contributed by atoms with E-state index < -0.39 is 5.78 Å². The summed E-state index contributed by atoms with van der Waals surface area (Å²) in [7, 11) is 0. The van der Waals surface area contributed by atoms with Crippen LogP contribution in [0.15, 0.2) is 24.3 Å². The van der Waals surface area contributed by atoms with Crippen LogP contribution in [0.2, 0.25) is 0 Å². The van der Waals surface area contributed by atoms with Gasteiger partial charge in [0.15, 0.2) is 6.29 Å². The first-order valence-corrected chi connectivity index (χ1v) is 3.09. The number of aldehydes is 1. The minimum absolute atomic E-state index is 0. The average molecular weight is 167 g/mol. The van der Waals surface area contributed by atoms with Crippen LogP contribution in [0.1, 0.15) is 10.4 Å². The van der Waals surface area contributed by atoms with Crippen molar-refractivity contribution in [2.45, 2.75) is 0 Å². The summed E-state index contributed by atoms with van der Waals surface area (Å²) < 4.78 is 0. The summed E-state index contributed by atoms with van der Waals surface area (Å²) in [6, 6.07) is 6.20. The molecule has 1 rings (SSSR count). The summed E-state index contributed by atoms with van der Waals surface area (Å²) in [5.41, 5.74) is 6.31. The van der Waals surface area contributed by atoms with Crippen LogP contribution in [0.25, 0.3) is 0 Å². The lowest BCUT2D eigenvalue weighted by atomic mass is 10.1. The number of benzene rings is 1. The average Bonchev–Trinajstić information content (AvgIpc) is 2.05. The zero-order chi connectivity index (χ0) is 8.27. The lowest BCUT2D eigenvalue weighted by Crippen LogP contribution is -1.99. The highest BCUT2D eigenvalue weighted by atomic mass is 16.2. The maximum absolute atomic E-state index is 10.7. The van der Waals surface area contributed by atoms with E-state index in [-0.39, 0.29) is 11.8 Å². The molecule has 0 aromatic heterocycles. The van der Waals surface area contributed by atoms with Crippen LogP contribution in [-0.2, 0) is 4.79 Å². The Morgan fingerprint density at radius 3 is 2.17 bits per heavy atom. The molecular formula is C8H9NO3. The van der Waals surface area contributed by atoms with Gasteiger partial charge in [0.1, 0.15) is 0 Å². The van der Waals surface area contributed by atoms with Gasteiger partial charge in [0.05, 0.1) is 0 Å².